The van der Waals surface area contributed by atoms with Gasteiger partial charge in [-0.2, -0.15) is 5.10 Å². The van der Waals surface area contributed by atoms with Crippen LogP contribution >= 0.6 is 0 Å². The van der Waals surface area contributed by atoms with Crippen molar-refractivity contribution in [3.05, 3.63) is 24.2 Å². The zero-order valence-corrected chi connectivity index (χ0v) is 10.1. The first-order valence-electron chi connectivity index (χ1n) is 5.38. The van der Waals surface area contributed by atoms with Gasteiger partial charge in [-0.05, 0) is 20.8 Å². The van der Waals surface area contributed by atoms with Crippen LogP contribution < -0.4 is 5.32 Å². The molecule has 0 amide bonds. The van der Waals surface area contributed by atoms with Gasteiger partial charge in [0.2, 0.25) is 5.95 Å². The summed E-state index contributed by atoms with van der Waals surface area (Å²) < 4.78 is 3.90. The summed E-state index contributed by atoms with van der Waals surface area (Å²) in [5.41, 5.74) is 1.01. The lowest BCUT2D eigenvalue weighted by Crippen LogP contribution is -2.07. The second kappa shape index (κ2) is 4.00. The third-order valence-corrected chi connectivity index (χ3v) is 2.47. The highest BCUT2D eigenvalue weighted by atomic mass is 15.3. The first-order chi connectivity index (χ1) is 7.58. The SMILES string of the molecule is Cc1cn(C(C)C)c(Nc2ccnn2C)n1. The summed E-state index contributed by atoms with van der Waals surface area (Å²) >= 11 is 0. The number of aryl methyl sites for hydroxylation is 2. The van der Waals surface area contributed by atoms with Gasteiger partial charge in [-0.25, -0.2) is 4.98 Å². The van der Waals surface area contributed by atoms with E-state index in [1.54, 1.807) is 10.9 Å². The predicted molar refractivity (Wildman–Crippen MR) is 63.8 cm³/mol. The van der Waals surface area contributed by atoms with Crippen LogP contribution in [0.3, 0.4) is 0 Å². The van der Waals surface area contributed by atoms with Gasteiger partial charge in [-0.15, -0.1) is 0 Å². The molecule has 2 aromatic rings. The van der Waals surface area contributed by atoms with Crippen LogP contribution in [-0.2, 0) is 7.05 Å². The van der Waals surface area contributed by atoms with Crippen molar-refractivity contribution in [1.82, 2.24) is 19.3 Å². The van der Waals surface area contributed by atoms with E-state index in [1.807, 2.05) is 26.2 Å². The summed E-state index contributed by atoms with van der Waals surface area (Å²) in [6.07, 6.45) is 3.81. The van der Waals surface area contributed by atoms with Crippen LogP contribution in [0.2, 0.25) is 0 Å². The van der Waals surface area contributed by atoms with Gasteiger partial charge in [-0.1, -0.05) is 0 Å². The predicted octanol–water partition coefficient (Wildman–Crippen LogP) is 2.25. The monoisotopic (exact) mass is 219 g/mol. The van der Waals surface area contributed by atoms with Crippen LogP contribution in [0.1, 0.15) is 25.6 Å². The van der Waals surface area contributed by atoms with Crippen molar-refractivity contribution < 1.29 is 0 Å². The largest absolute Gasteiger partial charge is 0.314 e. The molecule has 16 heavy (non-hydrogen) atoms. The molecule has 5 heteroatoms. The van der Waals surface area contributed by atoms with Crippen molar-refractivity contribution in [2.24, 2.45) is 7.05 Å². The Morgan fingerprint density at radius 2 is 2.12 bits per heavy atom. The van der Waals surface area contributed by atoms with Crippen LogP contribution in [-0.4, -0.2) is 19.3 Å². The number of nitrogens with one attached hydrogen (secondary N) is 1. The molecular formula is C11H17N5. The molecule has 2 aromatic heterocycles. The first-order valence-corrected chi connectivity index (χ1v) is 5.38. The number of rotatable bonds is 3. The molecule has 0 atom stereocenters. The van der Waals surface area contributed by atoms with E-state index in [1.165, 1.54) is 0 Å². The lowest BCUT2D eigenvalue weighted by molar-refractivity contribution is 0.606. The third kappa shape index (κ3) is 1.93. The van der Waals surface area contributed by atoms with Crippen LogP contribution in [0, 0.1) is 6.92 Å². The molecule has 0 aliphatic carbocycles. The Bertz CT molecular complexity index is 480. The third-order valence-electron chi connectivity index (χ3n) is 2.47. The molecule has 0 saturated carbocycles. The molecule has 2 rings (SSSR count). The second-order valence-electron chi connectivity index (χ2n) is 4.17. The Labute approximate surface area is 95.1 Å². The van der Waals surface area contributed by atoms with Gasteiger partial charge in [0, 0.05) is 25.4 Å². The minimum absolute atomic E-state index is 0.386. The Morgan fingerprint density at radius 1 is 1.38 bits per heavy atom. The van der Waals surface area contributed by atoms with Crippen molar-refractivity contribution in [1.29, 1.82) is 0 Å². The number of anilines is 2. The Kier molecular flexibility index (Phi) is 2.68. The highest BCUT2D eigenvalue weighted by Crippen LogP contribution is 2.19. The molecule has 0 unspecified atom stereocenters. The molecule has 5 nitrogen and oxygen atoms in total. The lowest BCUT2D eigenvalue weighted by atomic mass is 10.4. The average molecular weight is 219 g/mol. The standard InChI is InChI=1S/C11H17N5/c1-8(2)16-7-9(3)13-11(16)14-10-5-6-12-15(10)4/h5-8H,1-4H3,(H,13,14). The molecule has 2 heterocycles. The fraction of sp³-hybridized carbons (Fsp3) is 0.455. The summed E-state index contributed by atoms with van der Waals surface area (Å²) in [4.78, 5) is 4.46. The van der Waals surface area contributed by atoms with Gasteiger partial charge in [0.1, 0.15) is 5.82 Å². The molecule has 0 fully saturated rings. The minimum atomic E-state index is 0.386. The number of hydrogen-bond acceptors (Lipinski definition) is 3. The summed E-state index contributed by atoms with van der Waals surface area (Å²) in [7, 11) is 1.90. The van der Waals surface area contributed by atoms with Gasteiger partial charge in [0.05, 0.1) is 11.9 Å². The van der Waals surface area contributed by atoms with Gasteiger partial charge in [0.15, 0.2) is 0 Å². The summed E-state index contributed by atoms with van der Waals surface area (Å²) in [6.45, 7) is 6.26. The summed E-state index contributed by atoms with van der Waals surface area (Å²) in [5, 5.41) is 7.39. The van der Waals surface area contributed by atoms with Crippen molar-refractivity contribution in [3.63, 3.8) is 0 Å². The van der Waals surface area contributed by atoms with E-state index in [4.69, 9.17) is 0 Å². The maximum Gasteiger partial charge on any atom is 0.208 e. The topological polar surface area (TPSA) is 47.7 Å². The molecule has 0 spiro atoms. The first kappa shape index (κ1) is 10.7. The van der Waals surface area contributed by atoms with E-state index in [-0.39, 0.29) is 0 Å². The molecule has 1 N–H and O–H groups in total. The zero-order valence-electron chi connectivity index (χ0n) is 10.1. The fourth-order valence-electron chi connectivity index (χ4n) is 1.61. The maximum atomic E-state index is 4.46. The van der Waals surface area contributed by atoms with E-state index in [0.29, 0.717) is 6.04 Å². The van der Waals surface area contributed by atoms with Gasteiger partial charge >= 0.3 is 0 Å². The van der Waals surface area contributed by atoms with Crippen LogP contribution in [0.15, 0.2) is 18.5 Å². The van der Waals surface area contributed by atoms with Crippen LogP contribution in [0.25, 0.3) is 0 Å². The molecule has 0 radical (unpaired) electrons. The second-order valence-corrected chi connectivity index (χ2v) is 4.17. The molecule has 0 aromatic carbocycles. The lowest BCUT2D eigenvalue weighted by Gasteiger charge is -2.12. The highest BCUT2D eigenvalue weighted by Gasteiger charge is 2.09. The smallest absolute Gasteiger partial charge is 0.208 e. The Balaban J connectivity index is 2.31. The Hall–Kier alpha value is -1.78. The molecule has 0 saturated heterocycles. The van der Waals surface area contributed by atoms with Crippen molar-refractivity contribution in [3.8, 4) is 0 Å². The van der Waals surface area contributed by atoms with E-state index < -0.39 is 0 Å². The van der Waals surface area contributed by atoms with Gasteiger partial charge in [-0.3, -0.25) is 4.68 Å². The zero-order chi connectivity index (χ0) is 11.7. The quantitative estimate of drug-likeness (QED) is 0.861. The van der Waals surface area contributed by atoms with E-state index in [0.717, 1.165) is 17.5 Å². The minimum Gasteiger partial charge on any atom is -0.314 e. The van der Waals surface area contributed by atoms with Crippen molar-refractivity contribution >= 4 is 11.8 Å². The van der Waals surface area contributed by atoms with Gasteiger partial charge in [0.25, 0.3) is 0 Å². The van der Waals surface area contributed by atoms with E-state index >= 15 is 0 Å². The van der Waals surface area contributed by atoms with Crippen LogP contribution in [0.4, 0.5) is 11.8 Å². The number of imidazole rings is 1. The molecular weight excluding hydrogens is 202 g/mol. The number of hydrogen-bond donors (Lipinski definition) is 1. The average Bonchev–Trinajstić information content (AvgIpc) is 2.75. The fourth-order valence-corrected chi connectivity index (χ4v) is 1.61. The molecule has 0 bridgehead atoms. The van der Waals surface area contributed by atoms with E-state index in [2.05, 4.69) is 33.8 Å². The Morgan fingerprint density at radius 3 is 2.69 bits per heavy atom. The maximum absolute atomic E-state index is 4.46. The van der Waals surface area contributed by atoms with E-state index in [9.17, 15) is 0 Å². The molecule has 86 valence electrons. The highest BCUT2D eigenvalue weighted by molar-refractivity contribution is 5.48. The van der Waals surface area contributed by atoms with Crippen molar-refractivity contribution in [2.45, 2.75) is 26.8 Å². The van der Waals surface area contributed by atoms with Crippen LogP contribution in [0.5, 0.6) is 0 Å². The molecule has 0 aliphatic rings. The normalized spacial score (nSPS) is 11.1. The van der Waals surface area contributed by atoms with Crippen molar-refractivity contribution in [2.75, 3.05) is 5.32 Å². The number of aromatic nitrogens is 4. The van der Waals surface area contributed by atoms with Gasteiger partial charge < -0.3 is 9.88 Å². The summed E-state index contributed by atoms with van der Waals surface area (Å²) in [5.74, 6) is 1.80. The summed E-state index contributed by atoms with van der Waals surface area (Å²) in [6, 6.07) is 2.31. The number of nitrogens with zero attached hydrogens (tertiary/aromatic N) is 4. The molecule has 0 aliphatic heterocycles.